The summed E-state index contributed by atoms with van der Waals surface area (Å²) >= 11 is 7.90. The van der Waals surface area contributed by atoms with E-state index in [4.69, 9.17) is 11.6 Å². The molecule has 2 aromatic rings. The lowest BCUT2D eigenvalue weighted by molar-refractivity contribution is 0.190. The average molecular weight is 389 g/mol. The Morgan fingerprint density at radius 2 is 2.00 bits per heavy atom. The average Bonchev–Trinajstić information content (AvgIpc) is 3.14. The van der Waals surface area contributed by atoms with Gasteiger partial charge in [-0.1, -0.05) is 17.7 Å². The minimum absolute atomic E-state index is 0.138. The Morgan fingerprint density at radius 3 is 2.54 bits per heavy atom. The fraction of sp³-hybridized carbons (Fsp3) is 0.533. The van der Waals surface area contributed by atoms with Crippen LogP contribution in [0.1, 0.15) is 10.6 Å². The van der Waals surface area contributed by atoms with Crippen molar-refractivity contribution in [1.82, 2.24) is 19.0 Å². The molecule has 0 saturated carbocycles. The van der Waals surface area contributed by atoms with E-state index in [0.29, 0.717) is 18.8 Å². The second kappa shape index (κ2) is 7.13. The molecule has 6 nitrogen and oxygen atoms in total. The number of rotatable bonds is 5. The summed E-state index contributed by atoms with van der Waals surface area (Å²) in [6.07, 6.45) is 1.01. The highest BCUT2D eigenvalue weighted by Crippen LogP contribution is 2.28. The molecule has 3 heterocycles. The molecule has 3 rings (SSSR count). The van der Waals surface area contributed by atoms with Crippen molar-refractivity contribution >= 4 is 33.0 Å². The van der Waals surface area contributed by atoms with Crippen LogP contribution in [0.3, 0.4) is 0 Å². The van der Waals surface area contributed by atoms with E-state index in [1.54, 1.807) is 25.3 Å². The number of nitrogens with zero attached hydrogens (tertiary/aromatic N) is 4. The van der Waals surface area contributed by atoms with Crippen molar-refractivity contribution in [2.45, 2.75) is 18.2 Å². The molecule has 1 aliphatic rings. The molecule has 0 radical (unpaired) electrons. The SMILES string of the molecule is Cc1nn(C)c(Cl)c1S(=O)(=O)N1CCN(CCc2cccs2)CC1. The molecule has 1 saturated heterocycles. The lowest BCUT2D eigenvalue weighted by Crippen LogP contribution is -2.49. The molecule has 0 aromatic carbocycles. The topological polar surface area (TPSA) is 58.4 Å². The summed E-state index contributed by atoms with van der Waals surface area (Å²) in [5, 5.41) is 6.37. The largest absolute Gasteiger partial charge is 0.300 e. The predicted octanol–water partition coefficient (Wildman–Crippen LogP) is 1.99. The highest BCUT2D eigenvalue weighted by molar-refractivity contribution is 7.89. The molecule has 1 fully saturated rings. The molecule has 0 N–H and O–H groups in total. The molecular formula is C15H21ClN4O2S2. The quantitative estimate of drug-likeness (QED) is 0.786. The minimum atomic E-state index is -3.59. The number of sulfonamides is 1. The van der Waals surface area contributed by atoms with E-state index in [-0.39, 0.29) is 10.0 Å². The molecule has 0 amide bonds. The van der Waals surface area contributed by atoms with E-state index in [1.165, 1.54) is 13.9 Å². The number of halogens is 1. The molecule has 24 heavy (non-hydrogen) atoms. The van der Waals surface area contributed by atoms with Crippen molar-refractivity contribution in [3.8, 4) is 0 Å². The van der Waals surface area contributed by atoms with E-state index >= 15 is 0 Å². The van der Waals surface area contributed by atoms with Gasteiger partial charge >= 0.3 is 0 Å². The van der Waals surface area contributed by atoms with Crippen molar-refractivity contribution in [3.63, 3.8) is 0 Å². The Bertz CT molecular complexity index is 794. The number of piperazine rings is 1. The number of aryl methyl sites for hydroxylation is 2. The van der Waals surface area contributed by atoms with Gasteiger partial charge in [-0.3, -0.25) is 4.68 Å². The molecule has 0 aliphatic carbocycles. The Hall–Kier alpha value is -0.930. The summed E-state index contributed by atoms with van der Waals surface area (Å²) in [7, 11) is -1.94. The monoisotopic (exact) mass is 388 g/mol. The Kier molecular flexibility index (Phi) is 5.31. The third kappa shape index (κ3) is 3.52. The Morgan fingerprint density at radius 1 is 1.29 bits per heavy atom. The van der Waals surface area contributed by atoms with E-state index in [1.807, 2.05) is 0 Å². The maximum atomic E-state index is 12.9. The van der Waals surface area contributed by atoms with Crippen LogP contribution in [-0.4, -0.2) is 60.1 Å². The van der Waals surface area contributed by atoms with Crippen LogP contribution in [0.5, 0.6) is 0 Å². The van der Waals surface area contributed by atoms with Gasteiger partial charge in [-0.2, -0.15) is 9.40 Å². The second-order valence-electron chi connectivity index (χ2n) is 5.90. The van der Waals surface area contributed by atoms with Crippen LogP contribution in [-0.2, 0) is 23.5 Å². The van der Waals surface area contributed by atoms with Crippen LogP contribution in [0.2, 0.25) is 5.15 Å². The van der Waals surface area contributed by atoms with Crippen LogP contribution in [0, 0.1) is 6.92 Å². The van der Waals surface area contributed by atoms with E-state index < -0.39 is 10.0 Å². The van der Waals surface area contributed by atoms with Gasteiger partial charge in [-0.15, -0.1) is 11.3 Å². The number of aromatic nitrogens is 2. The van der Waals surface area contributed by atoms with Crippen LogP contribution in [0.4, 0.5) is 0 Å². The van der Waals surface area contributed by atoms with Crippen molar-refractivity contribution in [3.05, 3.63) is 33.2 Å². The third-order valence-corrected chi connectivity index (χ3v) is 7.82. The van der Waals surface area contributed by atoms with Crippen molar-refractivity contribution in [2.75, 3.05) is 32.7 Å². The maximum Gasteiger partial charge on any atom is 0.248 e. The van der Waals surface area contributed by atoms with E-state index in [0.717, 1.165) is 26.1 Å². The molecule has 9 heteroatoms. The lowest BCUT2D eigenvalue weighted by atomic mass is 10.3. The zero-order chi connectivity index (χ0) is 17.3. The molecule has 0 spiro atoms. The van der Waals surface area contributed by atoms with Gasteiger partial charge in [0, 0.05) is 44.6 Å². The number of hydrogen-bond acceptors (Lipinski definition) is 5. The third-order valence-electron chi connectivity index (χ3n) is 4.28. The van der Waals surface area contributed by atoms with Gasteiger partial charge in [0.25, 0.3) is 0 Å². The van der Waals surface area contributed by atoms with Crippen LogP contribution >= 0.6 is 22.9 Å². The summed E-state index contributed by atoms with van der Waals surface area (Å²) in [5.41, 5.74) is 0.447. The fourth-order valence-electron chi connectivity index (χ4n) is 2.95. The van der Waals surface area contributed by atoms with Crippen molar-refractivity contribution < 1.29 is 8.42 Å². The first kappa shape index (κ1) is 17.9. The van der Waals surface area contributed by atoms with E-state index in [2.05, 4.69) is 27.5 Å². The Labute approximate surface area is 151 Å². The van der Waals surface area contributed by atoms with E-state index in [9.17, 15) is 8.42 Å². The molecule has 0 atom stereocenters. The van der Waals surface area contributed by atoms with Gasteiger partial charge in [0.15, 0.2) is 0 Å². The molecule has 2 aromatic heterocycles. The standard InChI is InChI=1S/C15H21ClN4O2S2/c1-12-14(15(16)18(2)17-12)24(21,22)20-9-7-19(8-10-20)6-5-13-4-3-11-23-13/h3-4,11H,5-10H2,1-2H3. The molecule has 0 bridgehead atoms. The van der Waals surface area contributed by atoms with Crippen molar-refractivity contribution in [2.24, 2.45) is 7.05 Å². The van der Waals surface area contributed by atoms with Gasteiger partial charge in [0.05, 0.1) is 5.69 Å². The molecule has 132 valence electrons. The minimum Gasteiger partial charge on any atom is -0.300 e. The Balaban J connectivity index is 1.63. The summed E-state index contributed by atoms with van der Waals surface area (Å²) in [6, 6.07) is 4.20. The number of thiophene rings is 1. The van der Waals surface area contributed by atoms with Crippen LogP contribution in [0.25, 0.3) is 0 Å². The number of hydrogen-bond donors (Lipinski definition) is 0. The summed E-state index contributed by atoms with van der Waals surface area (Å²) in [4.78, 5) is 3.81. The maximum absolute atomic E-state index is 12.9. The second-order valence-corrected chi connectivity index (χ2v) is 9.17. The molecular weight excluding hydrogens is 368 g/mol. The predicted molar refractivity (Wildman–Crippen MR) is 96.2 cm³/mol. The van der Waals surface area contributed by atoms with Crippen molar-refractivity contribution in [1.29, 1.82) is 0 Å². The zero-order valence-corrected chi connectivity index (χ0v) is 16.2. The summed E-state index contributed by atoms with van der Waals surface area (Å²) < 4.78 is 28.7. The highest BCUT2D eigenvalue weighted by Gasteiger charge is 2.33. The lowest BCUT2D eigenvalue weighted by Gasteiger charge is -2.33. The normalized spacial score (nSPS) is 17.5. The van der Waals surface area contributed by atoms with Gasteiger partial charge in [0.1, 0.15) is 10.0 Å². The molecule has 1 aliphatic heterocycles. The van der Waals surface area contributed by atoms with Crippen LogP contribution < -0.4 is 0 Å². The highest BCUT2D eigenvalue weighted by atomic mass is 35.5. The first-order chi connectivity index (χ1) is 11.4. The van der Waals surface area contributed by atoms with Gasteiger partial charge < -0.3 is 4.90 Å². The zero-order valence-electron chi connectivity index (χ0n) is 13.8. The first-order valence-electron chi connectivity index (χ1n) is 7.83. The molecule has 0 unspecified atom stereocenters. The smallest absolute Gasteiger partial charge is 0.248 e. The summed E-state index contributed by atoms with van der Waals surface area (Å²) in [5.74, 6) is 0. The van der Waals surface area contributed by atoms with Gasteiger partial charge in [-0.25, -0.2) is 8.42 Å². The fourth-order valence-corrected chi connectivity index (χ4v) is 5.78. The van der Waals surface area contributed by atoms with Gasteiger partial charge in [0.2, 0.25) is 10.0 Å². The van der Waals surface area contributed by atoms with Crippen LogP contribution in [0.15, 0.2) is 22.4 Å². The summed E-state index contributed by atoms with van der Waals surface area (Å²) in [6.45, 7) is 5.08. The first-order valence-corrected chi connectivity index (χ1v) is 10.5. The van der Waals surface area contributed by atoms with Gasteiger partial charge in [-0.05, 0) is 24.8 Å².